The molecule has 0 amide bonds. The second kappa shape index (κ2) is 4.88. The first kappa shape index (κ1) is 12.0. The Balaban J connectivity index is 2.08. The summed E-state index contributed by atoms with van der Waals surface area (Å²) in [6.45, 7) is 2.34. The van der Waals surface area contributed by atoms with E-state index < -0.39 is 0 Å². The lowest BCUT2D eigenvalue weighted by atomic mass is 9.87. The Morgan fingerprint density at radius 2 is 2.33 bits per heavy atom. The number of alkyl halides is 1. The first-order valence-electron chi connectivity index (χ1n) is 6.66. The van der Waals surface area contributed by atoms with Gasteiger partial charge in [-0.3, -0.25) is 4.98 Å². The number of imidazole rings is 1. The molecule has 3 nitrogen and oxygen atoms in total. The zero-order valence-electron chi connectivity index (χ0n) is 10.6. The summed E-state index contributed by atoms with van der Waals surface area (Å²) in [7, 11) is 0. The number of hydrogen-bond donors (Lipinski definition) is 0. The molecule has 2 unspecified atom stereocenters. The maximum atomic E-state index is 6.06. The second-order valence-corrected chi connectivity index (χ2v) is 5.59. The van der Waals surface area contributed by atoms with Crippen molar-refractivity contribution in [2.24, 2.45) is 5.92 Å². The second-order valence-electron chi connectivity index (χ2n) is 5.32. The van der Waals surface area contributed by atoms with Gasteiger partial charge in [-0.05, 0) is 24.8 Å². The fraction of sp³-hybridized carbons (Fsp3) is 0.571. The van der Waals surface area contributed by atoms with Crippen molar-refractivity contribution in [2.75, 3.05) is 0 Å². The molecule has 0 aromatic carbocycles. The minimum absolute atomic E-state index is 0.472. The van der Waals surface area contributed by atoms with E-state index in [1.807, 2.05) is 12.4 Å². The van der Waals surface area contributed by atoms with Gasteiger partial charge in [0.05, 0.1) is 17.6 Å². The number of halogens is 1. The molecule has 0 aliphatic heterocycles. The average molecular weight is 264 g/mol. The molecule has 1 aliphatic rings. The number of fused-ring (bicyclic) bond motifs is 1. The van der Waals surface area contributed by atoms with E-state index in [9.17, 15) is 0 Å². The summed E-state index contributed by atoms with van der Waals surface area (Å²) in [5, 5.41) is 0. The molecule has 0 N–H and O–H groups in total. The predicted octanol–water partition coefficient (Wildman–Crippen LogP) is 3.92. The summed E-state index contributed by atoms with van der Waals surface area (Å²) < 4.78 is 2.35. The molecule has 1 fully saturated rings. The molecule has 1 aliphatic carbocycles. The van der Waals surface area contributed by atoms with E-state index >= 15 is 0 Å². The normalized spacial score (nSPS) is 24.6. The van der Waals surface area contributed by atoms with Gasteiger partial charge in [0.1, 0.15) is 11.3 Å². The van der Waals surface area contributed by atoms with Crippen LogP contribution in [0.1, 0.15) is 44.5 Å². The quantitative estimate of drug-likeness (QED) is 0.769. The van der Waals surface area contributed by atoms with Gasteiger partial charge in [-0.15, -0.1) is 11.6 Å². The molecule has 96 valence electrons. The van der Waals surface area contributed by atoms with Crippen LogP contribution in [0, 0.1) is 5.92 Å². The van der Waals surface area contributed by atoms with Crippen molar-refractivity contribution >= 4 is 22.6 Å². The number of pyridine rings is 1. The minimum Gasteiger partial charge on any atom is -0.324 e. The van der Waals surface area contributed by atoms with Gasteiger partial charge in [0.2, 0.25) is 0 Å². The fourth-order valence-corrected chi connectivity index (χ4v) is 3.33. The van der Waals surface area contributed by atoms with E-state index in [0.29, 0.717) is 11.9 Å². The number of rotatable bonds is 2. The topological polar surface area (TPSA) is 30.7 Å². The highest BCUT2D eigenvalue weighted by atomic mass is 35.5. The van der Waals surface area contributed by atoms with Gasteiger partial charge < -0.3 is 4.57 Å². The molecule has 0 spiro atoms. The molecule has 2 atom stereocenters. The first-order chi connectivity index (χ1) is 8.79. The van der Waals surface area contributed by atoms with Gasteiger partial charge in [-0.1, -0.05) is 19.8 Å². The van der Waals surface area contributed by atoms with Gasteiger partial charge in [0.25, 0.3) is 0 Å². The van der Waals surface area contributed by atoms with Crippen molar-refractivity contribution in [3.8, 4) is 0 Å². The Bertz CT molecular complexity index is 549. The predicted molar refractivity (Wildman–Crippen MR) is 73.8 cm³/mol. The molecule has 2 heterocycles. The molecule has 0 bridgehead atoms. The summed E-state index contributed by atoms with van der Waals surface area (Å²) in [5.41, 5.74) is 2.14. The van der Waals surface area contributed by atoms with Crippen LogP contribution in [0.2, 0.25) is 0 Å². The summed E-state index contributed by atoms with van der Waals surface area (Å²) in [4.78, 5) is 8.74. The SMILES string of the molecule is CC1CCCC(n2c(CCl)nc3cnccc32)C1. The van der Waals surface area contributed by atoms with Crippen LogP contribution in [-0.2, 0) is 5.88 Å². The van der Waals surface area contributed by atoms with Crippen molar-refractivity contribution in [1.82, 2.24) is 14.5 Å². The van der Waals surface area contributed by atoms with Crippen LogP contribution in [0.3, 0.4) is 0 Å². The standard InChI is InChI=1S/C14H18ClN3/c1-10-3-2-4-11(7-10)18-13-5-6-16-9-12(13)17-14(18)8-15/h5-6,9-11H,2-4,7-8H2,1H3. The van der Waals surface area contributed by atoms with E-state index in [-0.39, 0.29) is 0 Å². The monoisotopic (exact) mass is 263 g/mol. The van der Waals surface area contributed by atoms with E-state index in [1.165, 1.54) is 31.2 Å². The summed E-state index contributed by atoms with van der Waals surface area (Å²) >= 11 is 6.06. The average Bonchev–Trinajstić information content (AvgIpc) is 2.77. The fourth-order valence-electron chi connectivity index (χ4n) is 3.14. The van der Waals surface area contributed by atoms with Crippen LogP contribution in [0.25, 0.3) is 11.0 Å². The smallest absolute Gasteiger partial charge is 0.125 e. The third kappa shape index (κ3) is 2.01. The molecule has 0 radical (unpaired) electrons. The van der Waals surface area contributed by atoms with Crippen LogP contribution in [0.15, 0.2) is 18.5 Å². The minimum atomic E-state index is 0.472. The number of aromatic nitrogens is 3. The van der Waals surface area contributed by atoms with Crippen LogP contribution in [0.4, 0.5) is 0 Å². The molecular formula is C14H18ClN3. The van der Waals surface area contributed by atoms with Crippen molar-refractivity contribution in [1.29, 1.82) is 0 Å². The molecule has 3 rings (SSSR count). The summed E-state index contributed by atoms with van der Waals surface area (Å²) in [6.07, 6.45) is 8.79. The molecule has 4 heteroatoms. The van der Waals surface area contributed by atoms with Crippen molar-refractivity contribution in [3.63, 3.8) is 0 Å². The van der Waals surface area contributed by atoms with Gasteiger partial charge in [0, 0.05) is 12.2 Å². The Morgan fingerprint density at radius 3 is 3.11 bits per heavy atom. The molecule has 2 aromatic heterocycles. The highest BCUT2D eigenvalue weighted by molar-refractivity contribution is 6.16. The maximum absolute atomic E-state index is 6.06. The zero-order chi connectivity index (χ0) is 12.5. The lowest BCUT2D eigenvalue weighted by Crippen LogP contribution is -2.19. The number of hydrogen-bond acceptors (Lipinski definition) is 2. The van der Waals surface area contributed by atoms with Gasteiger partial charge in [-0.2, -0.15) is 0 Å². The van der Waals surface area contributed by atoms with Gasteiger partial charge in [-0.25, -0.2) is 4.98 Å². The first-order valence-corrected chi connectivity index (χ1v) is 7.20. The Hall–Kier alpha value is -1.09. The summed E-state index contributed by atoms with van der Waals surface area (Å²) in [6, 6.07) is 2.60. The largest absolute Gasteiger partial charge is 0.324 e. The highest BCUT2D eigenvalue weighted by Gasteiger charge is 2.24. The van der Waals surface area contributed by atoms with E-state index in [2.05, 4.69) is 27.5 Å². The van der Waals surface area contributed by atoms with Crippen molar-refractivity contribution in [2.45, 2.75) is 44.5 Å². The van der Waals surface area contributed by atoms with E-state index in [1.54, 1.807) is 0 Å². The third-order valence-corrected chi connectivity index (χ3v) is 4.20. The number of nitrogens with zero attached hydrogens (tertiary/aromatic N) is 3. The van der Waals surface area contributed by atoms with Gasteiger partial charge >= 0.3 is 0 Å². The van der Waals surface area contributed by atoms with Gasteiger partial charge in [0.15, 0.2) is 0 Å². The zero-order valence-corrected chi connectivity index (χ0v) is 11.4. The van der Waals surface area contributed by atoms with E-state index in [0.717, 1.165) is 17.3 Å². The van der Waals surface area contributed by atoms with Crippen LogP contribution in [-0.4, -0.2) is 14.5 Å². The van der Waals surface area contributed by atoms with Crippen LogP contribution in [0.5, 0.6) is 0 Å². The highest BCUT2D eigenvalue weighted by Crippen LogP contribution is 2.35. The third-order valence-electron chi connectivity index (χ3n) is 3.96. The molecule has 0 saturated heterocycles. The molecule has 2 aromatic rings. The Labute approximate surface area is 112 Å². The summed E-state index contributed by atoms with van der Waals surface area (Å²) in [5.74, 6) is 2.25. The molecular weight excluding hydrogens is 246 g/mol. The Morgan fingerprint density at radius 1 is 1.44 bits per heavy atom. The lowest BCUT2D eigenvalue weighted by molar-refractivity contribution is 0.283. The van der Waals surface area contributed by atoms with Crippen molar-refractivity contribution in [3.05, 3.63) is 24.3 Å². The van der Waals surface area contributed by atoms with E-state index in [4.69, 9.17) is 11.6 Å². The molecule has 18 heavy (non-hydrogen) atoms. The molecule has 1 saturated carbocycles. The lowest BCUT2D eigenvalue weighted by Gasteiger charge is -2.29. The van der Waals surface area contributed by atoms with Crippen molar-refractivity contribution < 1.29 is 0 Å². The maximum Gasteiger partial charge on any atom is 0.125 e. The van der Waals surface area contributed by atoms with Crippen LogP contribution >= 0.6 is 11.6 Å². The Kier molecular flexibility index (Phi) is 3.25. The van der Waals surface area contributed by atoms with Crippen LogP contribution < -0.4 is 0 Å².